The molecule has 1 aromatic heterocycles. The number of guanidine groups is 1. The maximum absolute atomic E-state index is 12.0. The number of rotatable bonds is 6. The lowest BCUT2D eigenvalue weighted by Crippen LogP contribution is -2.37. The predicted molar refractivity (Wildman–Crippen MR) is 133 cm³/mol. The van der Waals surface area contributed by atoms with E-state index in [1.165, 1.54) is 5.39 Å². The molecule has 30 heavy (non-hydrogen) atoms. The standard InChI is InChI=1S/C23H27N5O.HI/c1-4-24-23(26-15-17-9-11-19(12-10-17)22(29)28(2)3)27-16-21-20-8-6-5-7-18(20)13-14-25-21;/h5-14H,4,15-16H2,1-3H3,(H2,24,26,27);1H. The number of halogens is 1. The van der Waals surface area contributed by atoms with Crippen LogP contribution in [0.25, 0.3) is 10.8 Å². The molecule has 0 aliphatic rings. The molecular weight excluding hydrogens is 489 g/mol. The third kappa shape index (κ3) is 6.16. The van der Waals surface area contributed by atoms with Crippen LogP contribution in [0.2, 0.25) is 0 Å². The van der Waals surface area contributed by atoms with Crippen LogP contribution in [0.4, 0.5) is 0 Å². The van der Waals surface area contributed by atoms with Gasteiger partial charge >= 0.3 is 0 Å². The first-order chi connectivity index (χ1) is 14.1. The van der Waals surface area contributed by atoms with Crippen molar-refractivity contribution in [1.29, 1.82) is 0 Å². The Hall–Kier alpha value is -2.68. The van der Waals surface area contributed by atoms with Crippen molar-refractivity contribution in [1.82, 2.24) is 20.5 Å². The van der Waals surface area contributed by atoms with E-state index in [0.717, 1.165) is 29.1 Å². The summed E-state index contributed by atoms with van der Waals surface area (Å²) in [6.45, 7) is 3.91. The topological polar surface area (TPSA) is 69.6 Å². The number of fused-ring (bicyclic) bond motifs is 1. The first-order valence-corrected chi connectivity index (χ1v) is 9.74. The van der Waals surface area contributed by atoms with Gasteiger partial charge in [-0.25, -0.2) is 4.99 Å². The molecule has 3 aromatic rings. The molecule has 1 heterocycles. The lowest BCUT2D eigenvalue weighted by Gasteiger charge is -2.13. The molecule has 0 saturated heterocycles. The van der Waals surface area contributed by atoms with E-state index in [9.17, 15) is 4.79 Å². The van der Waals surface area contributed by atoms with Crippen molar-refractivity contribution in [3.05, 3.63) is 77.6 Å². The van der Waals surface area contributed by atoms with Gasteiger partial charge < -0.3 is 15.5 Å². The number of aromatic nitrogens is 1. The highest BCUT2D eigenvalue weighted by atomic mass is 127. The molecule has 2 N–H and O–H groups in total. The number of benzene rings is 2. The van der Waals surface area contributed by atoms with Crippen molar-refractivity contribution in [2.75, 3.05) is 20.6 Å². The number of hydrogen-bond donors (Lipinski definition) is 2. The monoisotopic (exact) mass is 517 g/mol. The molecule has 7 heteroatoms. The van der Waals surface area contributed by atoms with E-state index < -0.39 is 0 Å². The molecule has 158 valence electrons. The van der Waals surface area contributed by atoms with Crippen molar-refractivity contribution in [3.8, 4) is 0 Å². The minimum absolute atomic E-state index is 0. The number of hydrogen-bond acceptors (Lipinski definition) is 3. The van der Waals surface area contributed by atoms with Gasteiger partial charge in [0.15, 0.2) is 5.96 Å². The average molecular weight is 517 g/mol. The Morgan fingerprint density at radius 3 is 2.47 bits per heavy atom. The van der Waals surface area contributed by atoms with E-state index in [1.54, 1.807) is 19.0 Å². The zero-order valence-electron chi connectivity index (χ0n) is 17.6. The van der Waals surface area contributed by atoms with Crippen molar-refractivity contribution in [3.63, 3.8) is 0 Å². The molecular formula is C23H28IN5O. The Labute approximate surface area is 194 Å². The third-order valence-electron chi connectivity index (χ3n) is 4.55. The van der Waals surface area contributed by atoms with Crippen LogP contribution in [0, 0.1) is 0 Å². The van der Waals surface area contributed by atoms with Crippen LogP contribution in [0.15, 0.2) is 65.8 Å². The van der Waals surface area contributed by atoms with Gasteiger partial charge in [0.25, 0.3) is 5.91 Å². The Morgan fingerprint density at radius 1 is 1.03 bits per heavy atom. The van der Waals surface area contributed by atoms with Gasteiger partial charge in [0, 0.05) is 37.8 Å². The number of nitrogens with one attached hydrogen (secondary N) is 2. The number of carbonyl (C=O) groups is 1. The van der Waals surface area contributed by atoms with Crippen molar-refractivity contribution < 1.29 is 4.79 Å². The smallest absolute Gasteiger partial charge is 0.253 e. The summed E-state index contributed by atoms with van der Waals surface area (Å²) in [6.07, 6.45) is 1.83. The van der Waals surface area contributed by atoms with E-state index >= 15 is 0 Å². The Balaban J connectivity index is 0.00000320. The molecule has 6 nitrogen and oxygen atoms in total. The Bertz CT molecular complexity index is 997. The molecule has 0 radical (unpaired) electrons. The summed E-state index contributed by atoms with van der Waals surface area (Å²) in [5.41, 5.74) is 2.70. The minimum atomic E-state index is -0.00218. The normalized spacial score (nSPS) is 11.0. The zero-order chi connectivity index (χ0) is 20.6. The fourth-order valence-corrected chi connectivity index (χ4v) is 3.01. The SMILES string of the molecule is CCNC(=NCc1ccc(C(=O)N(C)C)cc1)NCc1nccc2ccccc12.I. The third-order valence-corrected chi connectivity index (χ3v) is 4.55. The number of amides is 1. The summed E-state index contributed by atoms with van der Waals surface area (Å²) in [6, 6.07) is 17.8. The molecule has 3 rings (SSSR count). The summed E-state index contributed by atoms with van der Waals surface area (Å²) < 4.78 is 0. The van der Waals surface area contributed by atoms with Gasteiger partial charge in [-0.05, 0) is 36.1 Å². The summed E-state index contributed by atoms with van der Waals surface area (Å²) in [5.74, 6) is 0.730. The molecule has 2 aromatic carbocycles. The van der Waals surface area contributed by atoms with Gasteiger partial charge in [0.1, 0.15) is 0 Å². The van der Waals surface area contributed by atoms with Crippen LogP contribution >= 0.6 is 24.0 Å². The van der Waals surface area contributed by atoms with E-state index in [0.29, 0.717) is 18.7 Å². The lowest BCUT2D eigenvalue weighted by molar-refractivity contribution is 0.0827. The first-order valence-electron chi connectivity index (χ1n) is 9.74. The van der Waals surface area contributed by atoms with Crippen molar-refractivity contribution in [2.24, 2.45) is 4.99 Å². The molecule has 1 amide bonds. The highest BCUT2D eigenvalue weighted by Crippen LogP contribution is 2.16. The molecule has 0 spiro atoms. The van der Waals surface area contributed by atoms with E-state index in [1.807, 2.05) is 55.6 Å². The van der Waals surface area contributed by atoms with Crippen LogP contribution < -0.4 is 10.6 Å². The summed E-state index contributed by atoms with van der Waals surface area (Å²) >= 11 is 0. The van der Waals surface area contributed by atoms with Gasteiger partial charge in [-0.15, -0.1) is 24.0 Å². The van der Waals surface area contributed by atoms with Crippen molar-refractivity contribution in [2.45, 2.75) is 20.0 Å². The van der Waals surface area contributed by atoms with Gasteiger partial charge in [0.2, 0.25) is 0 Å². The number of aliphatic imine (C=N–C) groups is 1. The van der Waals surface area contributed by atoms with E-state index in [2.05, 4.69) is 32.7 Å². The molecule has 0 aliphatic carbocycles. The molecule has 0 atom stereocenters. The minimum Gasteiger partial charge on any atom is -0.357 e. The van der Waals surface area contributed by atoms with Crippen LogP contribution in [-0.2, 0) is 13.1 Å². The van der Waals surface area contributed by atoms with Gasteiger partial charge in [-0.2, -0.15) is 0 Å². The number of pyridine rings is 1. The Kier molecular flexibility index (Phi) is 9.04. The fourth-order valence-electron chi connectivity index (χ4n) is 3.01. The summed E-state index contributed by atoms with van der Waals surface area (Å²) in [7, 11) is 3.50. The van der Waals surface area contributed by atoms with Gasteiger partial charge in [0.05, 0.1) is 18.8 Å². The molecule has 0 unspecified atom stereocenters. The van der Waals surface area contributed by atoms with E-state index in [4.69, 9.17) is 0 Å². The maximum atomic E-state index is 12.0. The molecule has 0 aliphatic heterocycles. The summed E-state index contributed by atoms with van der Waals surface area (Å²) in [4.78, 5) is 22.7. The Morgan fingerprint density at radius 2 is 1.77 bits per heavy atom. The zero-order valence-corrected chi connectivity index (χ0v) is 19.9. The van der Waals surface area contributed by atoms with E-state index in [-0.39, 0.29) is 29.9 Å². The first kappa shape index (κ1) is 23.6. The summed E-state index contributed by atoms with van der Waals surface area (Å²) in [5, 5.41) is 8.94. The second-order valence-corrected chi connectivity index (χ2v) is 6.92. The molecule has 0 saturated carbocycles. The van der Waals surface area contributed by atoms with Crippen LogP contribution in [0.1, 0.15) is 28.5 Å². The number of carbonyl (C=O) groups excluding carboxylic acids is 1. The van der Waals surface area contributed by atoms with Crippen LogP contribution in [0.5, 0.6) is 0 Å². The largest absolute Gasteiger partial charge is 0.357 e. The lowest BCUT2D eigenvalue weighted by atomic mass is 10.1. The van der Waals surface area contributed by atoms with Gasteiger partial charge in [-0.1, -0.05) is 36.4 Å². The highest BCUT2D eigenvalue weighted by Gasteiger charge is 2.07. The molecule has 0 fully saturated rings. The maximum Gasteiger partial charge on any atom is 0.253 e. The molecule has 0 bridgehead atoms. The second kappa shape index (κ2) is 11.5. The van der Waals surface area contributed by atoms with Gasteiger partial charge in [-0.3, -0.25) is 9.78 Å². The van der Waals surface area contributed by atoms with Crippen LogP contribution in [0.3, 0.4) is 0 Å². The van der Waals surface area contributed by atoms with Crippen molar-refractivity contribution >= 4 is 46.6 Å². The average Bonchev–Trinajstić information content (AvgIpc) is 2.75. The predicted octanol–water partition coefficient (Wildman–Crippen LogP) is 3.81. The quantitative estimate of drug-likeness (QED) is 0.297. The highest BCUT2D eigenvalue weighted by molar-refractivity contribution is 14.0. The number of nitrogens with zero attached hydrogens (tertiary/aromatic N) is 3. The second-order valence-electron chi connectivity index (χ2n) is 6.92. The fraction of sp³-hybridized carbons (Fsp3) is 0.261. The van der Waals surface area contributed by atoms with Crippen LogP contribution in [-0.4, -0.2) is 42.4 Å².